The molecule has 1 saturated heterocycles. The molecule has 3 rings (SSSR count). The lowest BCUT2D eigenvalue weighted by Crippen LogP contribution is -2.32. The summed E-state index contributed by atoms with van der Waals surface area (Å²) in [6.07, 6.45) is 2.72. The fourth-order valence-electron chi connectivity index (χ4n) is 3.58. The highest BCUT2D eigenvalue weighted by atomic mass is 16.2. The minimum absolute atomic E-state index is 0.0616. The molecule has 0 bridgehead atoms. The molecule has 5 nitrogen and oxygen atoms in total. The third kappa shape index (κ3) is 4.91. The molecular weight excluding hydrogens is 350 g/mol. The highest BCUT2D eigenvalue weighted by Crippen LogP contribution is 2.24. The highest BCUT2D eigenvalue weighted by Gasteiger charge is 2.16. The lowest BCUT2D eigenvalue weighted by molar-refractivity contribution is -0.117. The molecule has 5 heteroatoms. The van der Waals surface area contributed by atoms with Crippen molar-refractivity contribution in [2.24, 2.45) is 0 Å². The Hall–Kier alpha value is -2.82. The SMILES string of the molecule is CC(=O)N(CCC(=O)Nc1cc(C)ccc1C)c1ccc(N2CCCC2)cc1. The highest BCUT2D eigenvalue weighted by molar-refractivity contribution is 5.95. The van der Waals surface area contributed by atoms with Gasteiger partial charge in [-0.2, -0.15) is 0 Å². The van der Waals surface area contributed by atoms with Crippen LogP contribution in [-0.4, -0.2) is 31.4 Å². The van der Waals surface area contributed by atoms with Crippen LogP contribution < -0.4 is 15.1 Å². The Morgan fingerprint density at radius 3 is 2.36 bits per heavy atom. The molecule has 0 atom stereocenters. The van der Waals surface area contributed by atoms with Crippen molar-refractivity contribution in [2.45, 2.75) is 40.0 Å². The van der Waals surface area contributed by atoms with E-state index < -0.39 is 0 Å². The molecule has 2 aromatic carbocycles. The Bertz CT molecular complexity index is 839. The van der Waals surface area contributed by atoms with Crippen molar-refractivity contribution >= 4 is 28.9 Å². The first-order valence-corrected chi connectivity index (χ1v) is 9.94. The standard InChI is InChI=1S/C23H29N3O2/c1-17-6-7-18(2)22(16-17)24-23(28)12-15-26(19(3)27)21-10-8-20(9-11-21)25-13-4-5-14-25/h6-11,16H,4-5,12-15H2,1-3H3,(H,24,28). The predicted molar refractivity (Wildman–Crippen MR) is 115 cm³/mol. The smallest absolute Gasteiger partial charge is 0.226 e. The van der Waals surface area contributed by atoms with Gasteiger partial charge in [0.2, 0.25) is 11.8 Å². The van der Waals surface area contributed by atoms with E-state index in [2.05, 4.69) is 22.3 Å². The van der Waals surface area contributed by atoms with E-state index in [1.807, 2.05) is 44.2 Å². The normalized spacial score (nSPS) is 13.5. The molecule has 1 N–H and O–H groups in total. The van der Waals surface area contributed by atoms with Gasteiger partial charge in [0.05, 0.1) is 0 Å². The van der Waals surface area contributed by atoms with Crippen LogP contribution in [0.15, 0.2) is 42.5 Å². The second-order valence-electron chi connectivity index (χ2n) is 7.50. The van der Waals surface area contributed by atoms with Crippen molar-refractivity contribution in [1.82, 2.24) is 0 Å². The van der Waals surface area contributed by atoms with E-state index in [0.717, 1.165) is 35.6 Å². The Balaban J connectivity index is 1.62. The molecule has 28 heavy (non-hydrogen) atoms. The maximum Gasteiger partial charge on any atom is 0.226 e. The zero-order valence-corrected chi connectivity index (χ0v) is 17.0. The number of amides is 2. The first-order valence-electron chi connectivity index (χ1n) is 9.94. The van der Waals surface area contributed by atoms with Crippen LogP contribution >= 0.6 is 0 Å². The van der Waals surface area contributed by atoms with Crippen LogP contribution in [0, 0.1) is 13.8 Å². The molecular formula is C23H29N3O2. The zero-order valence-electron chi connectivity index (χ0n) is 17.0. The molecule has 0 saturated carbocycles. The van der Waals surface area contributed by atoms with Crippen LogP contribution in [0.25, 0.3) is 0 Å². The molecule has 0 unspecified atom stereocenters. The van der Waals surface area contributed by atoms with Gasteiger partial charge in [0, 0.05) is 50.0 Å². The number of hydrogen-bond acceptors (Lipinski definition) is 3. The second kappa shape index (κ2) is 8.91. The van der Waals surface area contributed by atoms with Crippen LogP contribution in [0.1, 0.15) is 37.3 Å². The summed E-state index contributed by atoms with van der Waals surface area (Å²) in [5.41, 5.74) is 4.98. The van der Waals surface area contributed by atoms with E-state index >= 15 is 0 Å². The molecule has 1 fully saturated rings. The summed E-state index contributed by atoms with van der Waals surface area (Å²) >= 11 is 0. The Morgan fingerprint density at radius 2 is 1.71 bits per heavy atom. The minimum atomic E-state index is -0.0892. The van der Waals surface area contributed by atoms with E-state index in [4.69, 9.17) is 0 Å². The number of aryl methyl sites for hydroxylation is 2. The Kier molecular flexibility index (Phi) is 6.34. The molecule has 0 aliphatic carbocycles. The molecule has 2 amide bonds. The van der Waals surface area contributed by atoms with Crippen LogP contribution in [0.3, 0.4) is 0 Å². The number of anilines is 3. The van der Waals surface area contributed by atoms with Gasteiger partial charge in [0.15, 0.2) is 0 Å². The lowest BCUT2D eigenvalue weighted by atomic mass is 10.1. The van der Waals surface area contributed by atoms with E-state index in [1.165, 1.54) is 25.5 Å². The van der Waals surface area contributed by atoms with Crippen molar-refractivity contribution in [3.63, 3.8) is 0 Å². The number of benzene rings is 2. The number of rotatable bonds is 6. The lowest BCUT2D eigenvalue weighted by Gasteiger charge is -2.23. The van der Waals surface area contributed by atoms with Gasteiger partial charge in [-0.05, 0) is 68.1 Å². The Labute approximate surface area is 167 Å². The zero-order chi connectivity index (χ0) is 20.1. The predicted octanol–water partition coefficient (Wildman–Crippen LogP) is 4.29. The van der Waals surface area contributed by atoms with Crippen molar-refractivity contribution in [1.29, 1.82) is 0 Å². The van der Waals surface area contributed by atoms with Crippen molar-refractivity contribution in [3.8, 4) is 0 Å². The topological polar surface area (TPSA) is 52.7 Å². The number of carbonyl (C=O) groups excluding carboxylic acids is 2. The van der Waals surface area contributed by atoms with E-state index in [9.17, 15) is 9.59 Å². The van der Waals surface area contributed by atoms with Crippen molar-refractivity contribution in [3.05, 3.63) is 53.6 Å². The molecule has 148 valence electrons. The van der Waals surface area contributed by atoms with Gasteiger partial charge in [-0.1, -0.05) is 12.1 Å². The fraction of sp³-hybridized carbons (Fsp3) is 0.391. The van der Waals surface area contributed by atoms with Gasteiger partial charge in [-0.25, -0.2) is 0 Å². The molecule has 1 aliphatic rings. The average Bonchev–Trinajstić information content (AvgIpc) is 3.20. The monoisotopic (exact) mass is 379 g/mol. The first kappa shape index (κ1) is 19.9. The van der Waals surface area contributed by atoms with Crippen molar-refractivity contribution < 1.29 is 9.59 Å². The number of hydrogen-bond donors (Lipinski definition) is 1. The molecule has 1 heterocycles. The summed E-state index contributed by atoms with van der Waals surface area (Å²) in [6.45, 7) is 8.05. The minimum Gasteiger partial charge on any atom is -0.372 e. The summed E-state index contributed by atoms with van der Waals surface area (Å²) in [6, 6.07) is 14.0. The van der Waals surface area contributed by atoms with Gasteiger partial charge >= 0.3 is 0 Å². The molecule has 0 spiro atoms. The number of nitrogens with zero attached hydrogens (tertiary/aromatic N) is 2. The molecule has 1 aliphatic heterocycles. The van der Waals surface area contributed by atoms with E-state index in [1.54, 1.807) is 4.90 Å². The maximum atomic E-state index is 12.4. The van der Waals surface area contributed by atoms with Gasteiger partial charge in [-0.15, -0.1) is 0 Å². The quantitative estimate of drug-likeness (QED) is 0.815. The number of nitrogens with one attached hydrogen (secondary N) is 1. The summed E-state index contributed by atoms with van der Waals surface area (Å²) in [4.78, 5) is 28.6. The second-order valence-corrected chi connectivity index (χ2v) is 7.50. The summed E-state index contributed by atoms with van der Waals surface area (Å²) in [5.74, 6) is -0.151. The van der Waals surface area contributed by atoms with Crippen LogP contribution in [0.5, 0.6) is 0 Å². The fourth-order valence-corrected chi connectivity index (χ4v) is 3.58. The third-order valence-electron chi connectivity index (χ3n) is 5.24. The Morgan fingerprint density at radius 1 is 1.04 bits per heavy atom. The maximum absolute atomic E-state index is 12.4. The van der Waals surface area contributed by atoms with Crippen LogP contribution in [0.2, 0.25) is 0 Å². The van der Waals surface area contributed by atoms with Crippen LogP contribution in [0.4, 0.5) is 17.1 Å². The van der Waals surface area contributed by atoms with Gasteiger partial charge in [0.1, 0.15) is 0 Å². The van der Waals surface area contributed by atoms with E-state index in [-0.39, 0.29) is 18.2 Å². The molecule has 0 radical (unpaired) electrons. The van der Waals surface area contributed by atoms with Gasteiger partial charge in [0.25, 0.3) is 0 Å². The van der Waals surface area contributed by atoms with Gasteiger partial charge < -0.3 is 15.1 Å². The number of carbonyl (C=O) groups is 2. The average molecular weight is 380 g/mol. The third-order valence-corrected chi connectivity index (χ3v) is 5.24. The summed E-state index contributed by atoms with van der Waals surface area (Å²) < 4.78 is 0. The molecule has 0 aromatic heterocycles. The summed E-state index contributed by atoms with van der Waals surface area (Å²) in [5, 5.41) is 2.96. The van der Waals surface area contributed by atoms with Crippen LogP contribution in [-0.2, 0) is 9.59 Å². The van der Waals surface area contributed by atoms with Gasteiger partial charge in [-0.3, -0.25) is 9.59 Å². The first-order chi connectivity index (χ1) is 13.4. The summed E-state index contributed by atoms with van der Waals surface area (Å²) in [7, 11) is 0. The molecule has 2 aromatic rings. The van der Waals surface area contributed by atoms with Crippen molar-refractivity contribution in [2.75, 3.05) is 34.8 Å². The largest absolute Gasteiger partial charge is 0.372 e. The van der Waals surface area contributed by atoms with E-state index in [0.29, 0.717) is 6.54 Å².